The summed E-state index contributed by atoms with van der Waals surface area (Å²) < 4.78 is 15.2. The minimum atomic E-state index is -0.246. The average molecular weight is 290 g/mol. The summed E-state index contributed by atoms with van der Waals surface area (Å²) in [4.78, 5) is 0. The summed E-state index contributed by atoms with van der Waals surface area (Å²) in [6.07, 6.45) is 1.88. The Morgan fingerprint density at radius 3 is 2.75 bits per heavy atom. The molecular formula is C16H13ClFNO. The predicted octanol–water partition coefficient (Wildman–Crippen LogP) is 3.97. The van der Waals surface area contributed by atoms with Gasteiger partial charge in [0.05, 0.1) is 6.61 Å². The van der Waals surface area contributed by atoms with Gasteiger partial charge in [-0.2, -0.15) is 0 Å². The highest BCUT2D eigenvalue weighted by Gasteiger charge is 2.09. The molecule has 0 spiro atoms. The van der Waals surface area contributed by atoms with Gasteiger partial charge in [-0.05, 0) is 35.9 Å². The molecule has 3 rings (SSSR count). The molecule has 0 aliphatic heterocycles. The second kappa shape index (κ2) is 5.27. The van der Waals surface area contributed by atoms with Crippen LogP contribution in [0.5, 0.6) is 0 Å². The number of nitrogens with zero attached hydrogens (tertiary/aromatic N) is 1. The van der Waals surface area contributed by atoms with E-state index in [0.29, 0.717) is 11.6 Å². The van der Waals surface area contributed by atoms with Crippen LogP contribution in [0, 0.1) is 5.82 Å². The van der Waals surface area contributed by atoms with Crippen molar-refractivity contribution in [2.45, 2.75) is 13.2 Å². The lowest BCUT2D eigenvalue weighted by Gasteiger charge is -2.06. The van der Waals surface area contributed by atoms with Gasteiger partial charge in [-0.15, -0.1) is 0 Å². The van der Waals surface area contributed by atoms with E-state index in [1.165, 1.54) is 12.1 Å². The zero-order valence-corrected chi connectivity index (χ0v) is 11.4. The number of aliphatic hydroxyl groups excluding tert-OH is 1. The lowest BCUT2D eigenvalue weighted by Crippen LogP contribution is -1.98. The Morgan fingerprint density at radius 2 is 2.00 bits per heavy atom. The monoisotopic (exact) mass is 289 g/mol. The van der Waals surface area contributed by atoms with Gasteiger partial charge in [-0.3, -0.25) is 0 Å². The van der Waals surface area contributed by atoms with Gasteiger partial charge in [0.1, 0.15) is 5.82 Å². The molecular weight excluding hydrogens is 277 g/mol. The maximum atomic E-state index is 13.2. The van der Waals surface area contributed by atoms with Crippen LogP contribution >= 0.6 is 11.6 Å². The Kier molecular flexibility index (Phi) is 3.47. The number of fused-ring (bicyclic) bond motifs is 1. The molecule has 0 saturated carbocycles. The van der Waals surface area contributed by atoms with Gasteiger partial charge in [0, 0.05) is 34.2 Å². The highest BCUT2D eigenvalue weighted by molar-refractivity contribution is 6.31. The summed E-state index contributed by atoms with van der Waals surface area (Å²) >= 11 is 6.00. The van der Waals surface area contributed by atoms with Gasteiger partial charge in [-0.1, -0.05) is 23.7 Å². The maximum absolute atomic E-state index is 13.2. The molecule has 0 unspecified atom stereocenters. The van der Waals surface area contributed by atoms with Crippen molar-refractivity contribution in [3.63, 3.8) is 0 Å². The number of hydrogen-bond acceptors (Lipinski definition) is 1. The summed E-state index contributed by atoms with van der Waals surface area (Å²) in [7, 11) is 0. The minimum Gasteiger partial charge on any atom is -0.392 e. The van der Waals surface area contributed by atoms with Gasteiger partial charge in [0.25, 0.3) is 0 Å². The molecule has 3 aromatic rings. The molecule has 2 nitrogen and oxygen atoms in total. The van der Waals surface area contributed by atoms with Gasteiger partial charge in [-0.25, -0.2) is 4.39 Å². The first-order valence-electron chi connectivity index (χ1n) is 6.30. The standard InChI is InChI=1S/C16H13ClFNO/c17-13-4-5-16-15(7-13)12(10-20)9-19(16)8-11-2-1-3-14(18)6-11/h1-7,9,20H,8,10H2. The van der Waals surface area contributed by atoms with E-state index in [1.807, 2.05) is 35.0 Å². The highest BCUT2D eigenvalue weighted by Crippen LogP contribution is 2.26. The molecule has 0 bridgehead atoms. The average Bonchev–Trinajstić information content (AvgIpc) is 2.76. The van der Waals surface area contributed by atoms with E-state index in [4.69, 9.17) is 11.6 Å². The molecule has 2 aromatic carbocycles. The molecule has 0 atom stereocenters. The number of rotatable bonds is 3. The zero-order valence-electron chi connectivity index (χ0n) is 10.7. The summed E-state index contributed by atoms with van der Waals surface area (Å²) in [5.74, 6) is -0.246. The van der Waals surface area contributed by atoms with E-state index in [9.17, 15) is 9.50 Å². The number of hydrogen-bond donors (Lipinski definition) is 1. The highest BCUT2D eigenvalue weighted by atomic mass is 35.5. The van der Waals surface area contributed by atoms with Crippen molar-refractivity contribution in [3.8, 4) is 0 Å². The number of benzene rings is 2. The fraction of sp³-hybridized carbons (Fsp3) is 0.125. The Balaban J connectivity index is 2.07. The fourth-order valence-electron chi connectivity index (χ4n) is 2.43. The van der Waals surface area contributed by atoms with Crippen molar-refractivity contribution in [1.82, 2.24) is 4.57 Å². The normalized spacial score (nSPS) is 11.2. The molecule has 1 aromatic heterocycles. The molecule has 0 saturated heterocycles. The largest absolute Gasteiger partial charge is 0.392 e. The third kappa shape index (κ3) is 2.42. The number of aromatic nitrogens is 1. The summed E-state index contributed by atoms with van der Waals surface area (Å²) in [5.41, 5.74) is 2.67. The SMILES string of the molecule is OCc1cn(Cc2cccc(F)c2)c2ccc(Cl)cc12. The summed E-state index contributed by atoms with van der Waals surface area (Å²) in [6, 6.07) is 12.1. The molecule has 1 N–H and O–H groups in total. The Bertz CT molecular complexity index is 766. The van der Waals surface area contributed by atoms with Gasteiger partial charge < -0.3 is 9.67 Å². The van der Waals surface area contributed by atoms with Crippen molar-refractivity contribution in [2.75, 3.05) is 0 Å². The van der Waals surface area contributed by atoms with E-state index < -0.39 is 0 Å². The van der Waals surface area contributed by atoms with Crippen LogP contribution in [0.4, 0.5) is 4.39 Å². The van der Waals surface area contributed by atoms with Crippen LogP contribution in [0.3, 0.4) is 0 Å². The van der Waals surface area contributed by atoms with Crippen LogP contribution in [0.2, 0.25) is 5.02 Å². The smallest absolute Gasteiger partial charge is 0.123 e. The van der Waals surface area contributed by atoms with Crippen LogP contribution < -0.4 is 0 Å². The zero-order chi connectivity index (χ0) is 14.1. The lowest BCUT2D eigenvalue weighted by atomic mass is 10.2. The molecule has 0 aliphatic rings. The first-order chi connectivity index (χ1) is 9.67. The first kappa shape index (κ1) is 13.2. The van der Waals surface area contributed by atoms with E-state index in [-0.39, 0.29) is 12.4 Å². The molecule has 102 valence electrons. The molecule has 4 heteroatoms. The predicted molar refractivity (Wildman–Crippen MR) is 78.4 cm³/mol. The second-order valence-corrected chi connectivity index (χ2v) is 5.17. The van der Waals surface area contributed by atoms with Crippen molar-refractivity contribution < 1.29 is 9.50 Å². The fourth-order valence-corrected chi connectivity index (χ4v) is 2.60. The van der Waals surface area contributed by atoms with E-state index in [2.05, 4.69) is 0 Å². The van der Waals surface area contributed by atoms with Crippen molar-refractivity contribution in [1.29, 1.82) is 0 Å². The first-order valence-corrected chi connectivity index (χ1v) is 6.68. The van der Waals surface area contributed by atoms with Gasteiger partial charge in [0.15, 0.2) is 0 Å². The van der Waals surface area contributed by atoms with E-state index >= 15 is 0 Å². The van der Waals surface area contributed by atoms with Crippen LogP contribution in [0.15, 0.2) is 48.7 Å². The summed E-state index contributed by atoms with van der Waals surface area (Å²) in [6.45, 7) is 0.503. The van der Waals surface area contributed by atoms with Crippen molar-refractivity contribution in [2.24, 2.45) is 0 Å². The lowest BCUT2D eigenvalue weighted by molar-refractivity contribution is 0.283. The van der Waals surface area contributed by atoms with Crippen LogP contribution in [0.1, 0.15) is 11.1 Å². The number of aliphatic hydroxyl groups is 1. The van der Waals surface area contributed by atoms with E-state index in [0.717, 1.165) is 22.0 Å². The third-order valence-electron chi connectivity index (χ3n) is 3.34. The molecule has 1 heterocycles. The number of halogens is 2. The molecule has 0 fully saturated rings. The van der Waals surface area contributed by atoms with Crippen LogP contribution in [0.25, 0.3) is 10.9 Å². The van der Waals surface area contributed by atoms with Crippen LogP contribution in [-0.2, 0) is 13.2 Å². The topological polar surface area (TPSA) is 25.2 Å². The Morgan fingerprint density at radius 1 is 1.15 bits per heavy atom. The second-order valence-electron chi connectivity index (χ2n) is 4.73. The minimum absolute atomic E-state index is 0.0486. The third-order valence-corrected chi connectivity index (χ3v) is 3.57. The molecule has 0 amide bonds. The van der Waals surface area contributed by atoms with Crippen molar-refractivity contribution >= 4 is 22.5 Å². The van der Waals surface area contributed by atoms with Crippen molar-refractivity contribution in [3.05, 3.63) is 70.6 Å². The molecule has 0 radical (unpaired) electrons. The maximum Gasteiger partial charge on any atom is 0.123 e. The Labute approximate surface area is 121 Å². The quantitative estimate of drug-likeness (QED) is 0.775. The van der Waals surface area contributed by atoms with Gasteiger partial charge >= 0.3 is 0 Å². The van der Waals surface area contributed by atoms with E-state index in [1.54, 1.807) is 6.07 Å². The summed E-state index contributed by atoms with van der Waals surface area (Å²) in [5, 5.41) is 11.0. The van der Waals surface area contributed by atoms with Crippen LogP contribution in [-0.4, -0.2) is 9.67 Å². The molecule has 0 aliphatic carbocycles. The van der Waals surface area contributed by atoms with Gasteiger partial charge in [0.2, 0.25) is 0 Å². The molecule has 20 heavy (non-hydrogen) atoms. The Hall–Kier alpha value is -1.84.